The minimum atomic E-state index is -0.619. The van der Waals surface area contributed by atoms with Gasteiger partial charge in [0, 0.05) is 22.9 Å². The van der Waals surface area contributed by atoms with Gasteiger partial charge < -0.3 is 0 Å². The highest BCUT2D eigenvalue weighted by molar-refractivity contribution is 6.08. The third-order valence-corrected chi connectivity index (χ3v) is 3.84. The topological polar surface area (TPSA) is 66.5 Å². The lowest BCUT2D eigenvalue weighted by atomic mass is 10.0. The van der Waals surface area contributed by atoms with Crippen LogP contribution in [0.1, 0.15) is 30.1 Å². The Kier molecular flexibility index (Phi) is 2.71. The molecule has 1 unspecified atom stereocenters. The minimum Gasteiger partial charge on any atom is -0.299 e. The maximum Gasteiger partial charge on any atom is 0.259 e. The van der Waals surface area contributed by atoms with Gasteiger partial charge in [0.2, 0.25) is 11.8 Å². The minimum absolute atomic E-state index is 0.197. The van der Waals surface area contributed by atoms with Crippen LogP contribution in [0, 0.1) is 0 Å². The summed E-state index contributed by atoms with van der Waals surface area (Å²) in [5, 5.41) is 3.85. The van der Waals surface area contributed by atoms with E-state index in [2.05, 4.69) is 11.9 Å². The molecule has 0 aliphatic carbocycles. The molecule has 1 atom stereocenters. The maximum absolute atomic E-state index is 12.5. The molecule has 1 aromatic carbocycles. The molecule has 1 saturated heterocycles. The lowest BCUT2D eigenvalue weighted by molar-refractivity contribution is -0.136. The third kappa shape index (κ3) is 1.66. The molecule has 0 saturated carbocycles. The Balaban J connectivity index is 2.09. The lowest BCUT2D eigenvalue weighted by Crippen LogP contribution is -2.52. The predicted molar refractivity (Wildman–Crippen MR) is 72.6 cm³/mol. The number of amides is 3. The van der Waals surface area contributed by atoms with E-state index in [1.54, 1.807) is 12.1 Å². The molecule has 2 aliphatic rings. The fourth-order valence-electron chi connectivity index (χ4n) is 2.91. The van der Waals surface area contributed by atoms with Crippen molar-refractivity contribution in [1.82, 2.24) is 10.2 Å². The van der Waals surface area contributed by atoms with Crippen molar-refractivity contribution in [1.29, 1.82) is 0 Å². The largest absolute Gasteiger partial charge is 0.299 e. The summed E-state index contributed by atoms with van der Waals surface area (Å²) in [6.45, 7) is 5.74. The summed E-state index contributed by atoms with van der Waals surface area (Å²) < 4.78 is 0. The van der Waals surface area contributed by atoms with Crippen molar-refractivity contribution in [3.05, 3.63) is 34.2 Å². The second-order valence-electron chi connectivity index (χ2n) is 5.07. The van der Waals surface area contributed by atoms with E-state index in [1.807, 2.05) is 13.0 Å². The Hall–Kier alpha value is -2.43. The van der Waals surface area contributed by atoms with Gasteiger partial charge in [-0.05, 0) is 24.6 Å². The van der Waals surface area contributed by atoms with Crippen LogP contribution in [0.5, 0.6) is 0 Å². The standard InChI is InChI=1S/C15H14N2O3/c1-8-4-3-5-10-13(8)9(2)17(15(10)20)11-6-7-12(18)16-14(11)19/h3-5,11H,1,6-7H2,2H3,(H,16,18,19). The molecule has 0 radical (unpaired) electrons. The van der Waals surface area contributed by atoms with E-state index in [1.165, 1.54) is 4.90 Å². The monoisotopic (exact) mass is 270 g/mol. The zero-order valence-corrected chi connectivity index (χ0v) is 11.1. The average molecular weight is 270 g/mol. The van der Waals surface area contributed by atoms with Crippen LogP contribution in [0.4, 0.5) is 0 Å². The van der Waals surface area contributed by atoms with Gasteiger partial charge in [0.15, 0.2) is 0 Å². The van der Waals surface area contributed by atoms with Crippen LogP contribution in [0.2, 0.25) is 0 Å². The average Bonchev–Trinajstić information content (AvgIpc) is 2.64. The number of piperidine rings is 1. The van der Waals surface area contributed by atoms with E-state index in [-0.39, 0.29) is 18.2 Å². The summed E-state index contributed by atoms with van der Waals surface area (Å²) >= 11 is 0. The molecular weight excluding hydrogens is 256 g/mol. The second kappa shape index (κ2) is 4.30. The first-order valence-corrected chi connectivity index (χ1v) is 6.47. The molecule has 20 heavy (non-hydrogen) atoms. The first-order chi connectivity index (χ1) is 9.50. The van der Waals surface area contributed by atoms with Gasteiger partial charge in [0.1, 0.15) is 6.04 Å². The van der Waals surface area contributed by atoms with Gasteiger partial charge in [-0.1, -0.05) is 18.7 Å². The van der Waals surface area contributed by atoms with E-state index < -0.39 is 11.9 Å². The molecule has 5 nitrogen and oxygen atoms in total. The summed E-state index contributed by atoms with van der Waals surface area (Å²) in [4.78, 5) is 37.2. The summed E-state index contributed by atoms with van der Waals surface area (Å²) in [5.74, 6) is -0.893. The predicted octanol–water partition coefficient (Wildman–Crippen LogP) is -0.514. The highest BCUT2D eigenvalue weighted by Crippen LogP contribution is 2.23. The van der Waals surface area contributed by atoms with Crippen LogP contribution in [0.25, 0.3) is 12.3 Å². The number of fused-ring (bicyclic) bond motifs is 1. The van der Waals surface area contributed by atoms with E-state index in [0.29, 0.717) is 12.0 Å². The van der Waals surface area contributed by atoms with Crippen molar-refractivity contribution in [2.75, 3.05) is 0 Å². The number of rotatable bonds is 1. The highest BCUT2D eigenvalue weighted by atomic mass is 16.2. The van der Waals surface area contributed by atoms with Gasteiger partial charge in [-0.15, -0.1) is 0 Å². The first kappa shape index (κ1) is 12.6. The lowest BCUT2D eigenvalue weighted by Gasteiger charge is -2.30. The Morgan fingerprint density at radius 1 is 1.30 bits per heavy atom. The molecule has 5 heteroatoms. The van der Waals surface area contributed by atoms with E-state index in [4.69, 9.17) is 0 Å². The fourth-order valence-corrected chi connectivity index (χ4v) is 2.91. The van der Waals surface area contributed by atoms with Crippen LogP contribution >= 0.6 is 0 Å². The van der Waals surface area contributed by atoms with Crippen LogP contribution < -0.4 is 15.8 Å². The summed E-state index contributed by atoms with van der Waals surface area (Å²) in [5.41, 5.74) is 1.30. The van der Waals surface area contributed by atoms with Gasteiger partial charge >= 0.3 is 0 Å². The van der Waals surface area contributed by atoms with Crippen LogP contribution in [0.15, 0.2) is 18.2 Å². The van der Waals surface area contributed by atoms with Crippen molar-refractivity contribution in [3.63, 3.8) is 0 Å². The molecule has 1 N–H and O–H groups in total. The Bertz CT molecular complexity index is 751. The number of carbonyl (C=O) groups is 3. The number of imide groups is 1. The molecule has 0 aromatic heterocycles. The number of hydrogen-bond acceptors (Lipinski definition) is 3. The van der Waals surface area contributed by atoms with Crippen LogP contribution in [-0.2, 0) is 9.59 Å². The van der Waals surface area contributed by atoms with Gasteiger partial charge in [-0.2, -0.15) is 0 Å². The van der Waals surface area contributed by atoms with Crippen molar-refractivity contribution >= 4 is 30.0 Å². The van der Waals surface area contributed by atoms with Crippen LogP contribution in [-0.4, -0.2) is 28.7 Å². The SMILES string of the molecule is C=c1cccc2c1=C(C)N(C1CCC(=O)NC1=O)C2=O. The van der Waals surface area contributed by atoms with Crippen molar-refractivity contribution < 1.29 is 14.4 Å². The summed E-state index contributed by atoms with van der Waals surface area (Å²) in [7, 11) is 0. The smallest absolute Gasteiger partial charge is 0.259 e. The molecule has 102 valence electrons. The molecule has 0 spiro atoms. The quantitative estimate of drug-likeness (QED) is 0.699. The van der Waals surface area contributed by atoms with Crippen molar-refractivity contribution in [3.8, 4) is 0 Å². The van der Waals surface area contributed by atoms with Gasteiger partial charge in [0.05, 0.1) is 0 Å². The molecule has 3 amide bonds. The first-order valence-electron chi connectivity index (χ1n) is 6.47. The zero-order chi connectivity index (χ0) is 14.4. The zero-order valence-electron chi connectivity index (χ0n) is 11.1. The normalized spacial score (nSPS) is 22.1. The molecule has 1 fully saturated rings. The Labute approximate surface area is 115 Å². The van der Waals surface area contributed by atoms with Gasteiger partial charge in [0.25, 0.3) is 5.91 Å². The highest BCUT2D eigenvalue weighted by Gasteiger charge is 2.39. The molecule has 2 heterocycles. The summed E-state index contributed by atoms with van der Waals surface area (Å²) in [6, 6.07) is 4.73. The number of benzene rings is 1. The molecular formula is C15H14N2O3. The molecule has 1 aromatic rings. The molecule has 2 aliphatic heterocycles. The van der Waals surface area contributed by atoms with Crippen molar-refractivity contribution in [2.24, 2.45) is 0 Å². The number of carbonyl (C=O) groups excluding carboxylic acids is 3. The Morgan fingerprint density at radius 3 is 2.70 bits per heavy atom. The summed E-state index contributed by atoms with van der Waals surface area (Å²) in [6.07, 6.45) is 0.606. The van der Waals surface area contributed by atoms with Crippen LogP contribution in [0.3, 0.4) is 0 Å². The van der Waals surface area contributed by atoms with E-state index in [0.717, 1.165) is 16.1 Å². The fraction of sp³-hybridized carbons (Fsp3) is 0.267. The number of nitrogens with zero attached hydrogens (tertiary/aromatic N) is 1. The van der Waals surface area contributed by atoms with Gasteiger partial charge in [-0.3, -0.25) is 24.6 Å². The Morgan fingerprint density at radius 2 is 2.05 bits per heavy atom. The van der Waals surface area contributed by atoms with Gasteiger partial charge in [-0.25, -0.2) is 0 Å². The van der Waals surface area contributed by atoms with Crippen molar-refractivity contribution in [2.45, 2.75) is 25.8 Å². The maximum atomic E-state index is 12.5. The van der Waals surface area contributed by atoms with E-state index >= 15 is 0 Å². The number of nitrogens with one attached hydrogen (secondary N) is 1. The molecule has 0 bridgehead atoms. The number of hydrogen-bond donors (Lipinski definition) is 1. The second-order valence-corrected chi connectivity index (χ2v) is 5.07. The third-order valence-electron chi connectivity index (χ3n) is 3.84. The molecule has 3 rings (SSSR count). The van der Waals surface area contributed by atoms with E-state index in [9.17, 15) is 14.4 Å².